The molecule has 0 bridgehead atoms. The van der Waals surface area contributed by atoms with E-state index >= 15 is 0 Å². The van der Waals surface area contributed by atoms with E-state index in [9.17, 15) is 4.39 Å². The minimum atomic E-state index is -0.275. The van der Waals surface area contributed by atoms with Crippen molar-refractivity contribution in [3.8, 4) is 28.1 Å². The second-order valence-electron chi connectivity index (χ2n) is 24.0. The molecule has 2 aliphatic heterocycles. The van der Waals surface area contributed by atoms with Crippen LogP contribution in [-0.2, 0) is 36.4 Å². The van der Waals surface area contributed by atoms with Crippen LogP contribution in [0.5, 0.6) is 0 Å². The summed E-state index contributed by atoms with van der Waals surface area (Å²) >= 11 is 0.125. The van der Waals surface area contributed by atoms with Crippen molar-refractivity contribution < 1.29 is 24.5 Å². The number of nitrogens with zero attached hydrogens (tertiary/aromatic N) is 4. The molecule has 8 heteroatoms. The predicted octanol–water partition coefficient (Wildman–Crippen LogP) is 13.4. The number of pyridine rings is 2. The van der Waals surface area contributed by atoms with Gasteiger partial charge in [-0.15, -0.1) is 29.8 Å². The van der Waals surface area contributed by atoms with Gasteiger partial charge in [0.05, 0.1) is 0 Å². The van der Waals surface area contributed by atoms with E-state index in [0.29, 0.717) is 0 Å². The zero-order chi connectivity index (χ0) is 52.0. The SMILES string of the molecule is CC(C)(C)c1ccc2c(c1)B1c3c(cc(-c4ccc5c6ccc[c-]c6c6nc7ccccc7n6c5c4)cc3-n3c4ccc(C(C)(C)C)cc4c4cc(C(C)(C)C)cc1c43)[Se]2.Cc1cnc(-c2[c-]cc(F)cc2)cc1C.[Ir]. The van der Waals surface area contributed by atoms with Crippen LogP contribution in [0, 0.1) is 31.8 Å². The molecule has 14 rings (SSSR count). The van der Waals surface area contributed by atoms with E-state index in [1.165, 1.54) is 115 Å². The van der Waals surface area contributed by atoms with Gasteiger partial charge >= 0.3 is 361 Å². The molecule has 76 heavy (non-hydrogen) atoms. The number of fused-ring (bicyclic) bond motifs is 15. The number of hydrogen-bond acceptors (Lipinski definition) is 2. The van der Waals surface area contributed by atoms with Gasteiger partial charge in [0.15, 0.2) is 0 Å². The maximum atomic E-state index is 12.7. The van der Waals surface area contributed by atoms with Crippen molar-refractivity contribution in [2.75, 3.05) is 0 Å². The number of aryl methyl sites for hydroxylation is 2. The Morgan fingerprint density at radius 1 is 0.579 bits per heavy atom. The molecule has 2 aliphatic rings. The average Bonchev–Trinajstić information content (AvgIpc) is 3.99. The van der Waals surface area contributed by atoms with Crippen molar-refractivity contribution >= 4 is 107 Å². The summed E-state index contributed by atoms with van der Waals surface area (Å²) in [5, 5.41) is 6.16. The Morgan fingerprint density at radius 3 is 2.07 bits per heavy atom. The van der Waals surface area contributed by atoms with Crippen molar-refractivity contribution in [2.45, 2.75) is 92.4 Å². The fourth-order valence-electron chi connectivity index (χ4n) is 11.6. The molecule has 0 aliphatic carbocycles. The van der Waals surface area contributed by atoms with Crippen LogP contribution >= 0.6 is 0 Å². The Balaban J connectivity index is 0.000000315. The molecule has 12 aromatic rings. The Labute approximate surface area is 465 Å². The molecule has 0 unspecified atom stereocenters. The van der Waals surface area contributed by atoms with Crippen LogP contribution in [-0.4, -0.2) is 40.6 Å². The van der Waals surface area contributed by atoms with Crippen LogP contribution in [0.4, 0.5) is 4.39 Å². The van der Waals surface area contributed by atoms with Crippen LogP contribution in [0.2, 0.25) is 0 Å². The second kappa shape index (κ2) is 18.0. The van der Waals surface area contributed by atoms with E-state index in [0.717, 1.165) is 38.9 Å². The first-order valence-electron chi connectivity index (χ1n) is 26.2. The summed E-state index contributed by atoms with van der Waals surface area (Å²) in [5.74, 6) is -0.275. The number of hydrogen-bond donors (Lipinski definition) is 0. The second-order valence-corrected chi connectivity index (χ2v) is 26.3. The Hall–Kier alpha value is -6.66. The minimum absolute atomic E-state index is 0. The van der Waals surface area contributed by atoms with E-state index in [1.807, 2.05) is 32.2 Å². The van der Waals surface area contributed by atoms with Crippen molar-refractivity contribution in [1.29, 1.82) is 0 Å². The Morgan fingerprint density at radius 2 is 1.32 bits per heavy atom. The summed E-state index contributed by atoms with van der Waals surface area (Å²) < 4.78 is 20.7. The van der Waals surface area contributed by atoms with Crippen molar-refractivity contribution in [2.24, 2.45) is 0 Å². The van der Waals surface area contributed by atoms with E-state index < -0.39 is 0 Å². The Kier molecular flexibility index (Phi) is 11.9. The third-order valence-electron chi connectivity index (χ3n) is 15.9. The zero-order valence-electron chi connectivity index (χ0n) is 44.9. The van der Waals surface area contributed by atoms with E-state index in [1.54, 1.807) is 6.07 Å². The molecule has 6 heterocycles. The molecule has 0 fully saturated rings. The van der Waals surface area contributed by atoms with Crippen molar-refractivity contribution in [1.82, 2.24) is 18.9 Å². The summed E-state index contributed by atoms with van der Waals surface area (Å²) in [4.78, 5) is 9.46. The molecule has 0 saturated heterocycles. The number of para-hydroxylation sites is 2. The third kappa shape index (κ3) is 8.10. The van der Waals surface area contributed by atoms with Crippen LogP contribution in [0.15, 0.2) is 152 Å². The molecular formula is C68H58BFIrN4Se-2. The van der Waals surface area contributed by atoms with Gasteiger partial charge in [-0.3, -0.25) is 4.39 Å². The van der Waals surface area contributed by atoms with E-state index in [4.69, 9.17) is 4.98 Å². The minimum Gasteiger partial charge on any atom is -0.304 e. The van der Waals surface area contributed by atoms with Crippen LogP contribution in [0.25, 0.3) is 88.2 Å². The molecule has 4 nitrogen and oxygen atoms in total. The quantitative estimate of drug-likeness (QED) is 0.0982. The Bertz CT molecular complexity index is 4380. The third-order valence-corrected chi connectivity index (χ3v) is 18.3. The summed E-state index contributed by atoms with van der Waals surface area (Å²) in [5.41, 5.74) is 23.4. The molecule has 0 N–H and O–H groups in total. The fraction of sp³-hybridized carbons (Fsp3) is 0.206. The normalized spacial score (nSPS) is 13.1. The number of imidazole rings is 1. The molecule has 0 saturated carbocycles. The molecule has 0 amide bonds. The first-order chi connectivity index (χ1) is 35.8. The van der Waals surface area contributed by atoms with E-state index in [2.05, 4.69) is 204 Å². The topological polar surface area (TPSA) is 35.1 Å². The fourth-order valence-corrected chi connectivity index (χ4v) is 14.1. The van der Waals surface area contributed by atoms with Gasteiger partial charge in [-0.1, -0.05) is 11.6 Å². The number of benzene rings is 8. The van der Waals surface area contributed by atoms with Crippen LogP contribution in [0.3, 0.4) is 0 Å². The maximum Gasteiger partial charge on any atom is 0.0379 e. The predicted molar refractivity (Wildman–Crippen MR) is 316 cm³/mol. The zero-order valence-corrected chi connectivity index (χ0v) is 49.0. The maximum absolute atomic E-state index is 12.7. The smallest absolute Gasteiger partial charge is 0.0379 e. The number of aromatic nitrogens is 4. The van der Waals surface area contributed by atoms with Gasteiger partial charge in [-0.25, -0.2) is 0 Å². The van der Waals surface area contributed by atoms with Gasteiger partial charge in [0.25, 0.3) is 0 Å². The summed E-state index contributed by atoms with van der Waals surface area (Å²) in [6, 6.07) is 59.6. The number of rotatable bonds is 2. The number of halogens is 1. The van der Waals surface area contributed by atoms with Crippen molar-refractivity contribution in [3.05, 3.63) is 198 Å². The van der Waals surface area contributed by atoms with Gasteiger partial charge in [-0.05, 0) is 25.1 Å². The largest absolute Gasteiger partial charge is 0.304 e. The molecule has 4 aromatic heterocycles. The molecule has 0 atom stereocenters. The summed E-state index contributed by atoms with van der Waals surface area (Å²) in [6.45, 7) is 25.4. The first-order valence-corrected chi connectivity index (χ1v) is 27.9. The van der Waals surface area contributed by atoms with Gasteiger partial charge in [-0.2, -0.15) is 0 Å². The first kappa shape index (κ1) is 50.2. The van der Waals surface area contributed by atoms with Gasteiger partial charge in [0.1, 0.15) is 0 Å². The molecular weight excluding hydrogens is 1170 g/mol. The summed E-state index contributed by atoms with van der Waals surface area (Å²) in [7, 11) is 0. The van der Waals surface area contributed by atoms with Gasteiger partial charge in [0, 0.05) is 32.1 Å². The molecule has 1 radical (unpaired) electrons. The van der Waals surface area contributed by atoms with Gasteiger partial charge < -0.3 is 4.98 Å². The van der Waals surface area contributed by atoms with Crippen LogP contribution < -0.4 is 25.3 Å². The standard InChI is InChI=1S/C55H47BN3Se.C13H11FN.Ir/c1-53(2,3)33-19-22-44-39(27-33)40-28-35(55(7,8)9)30-42-51(40)58(44)47-25-32(26-49-50(47)56(42)41-29-34(54(4,5)6)20-23-48(41)60-49)31-18-21-37-36-14-10-11-15-38(36)52-57-43-16-12-13-17-45(43)59(52)46(37)24-31;1-9-7-13(15-8-10(9)2)11-3-5-12(14)6-4-11;/h10-14,16-30H,1-9H3;3,5-8H,1-2H3;/q2*-1;. The van der Waals surface area contributed by atoms with Crippen molar-refractivity contribution in [3.63, 3.8) is 0 Å². The van der Waals surface area contributed by atoms with Crippen LogP contribution in [0.1, 0.15) is 90.1 Å². The monoisotopic (exact) mass is 1230 g/mol. The summed E-state index contributed by atoms with van der Waals surface area (Å²) in [6.07, 6.45) is 1.82. The molecule has 8 aromatic carbocycles. The average molecular weight is 1230 g/mol. The van der Waals surface area contributed by atoms with Gasteiger partial charge in [0.2, 0.25) is 0 Å². The molecule has 0 spiro atoms. The molecule has 377 valence electrons. The van der Waals surface area contributed by atoms with E-state index in [-0.39, 0.29) is 63.8 Å².